The van der Waals surface area contributed by atoms with E-state index in [0.717, 1.165) is 31.9 Å². The van der Waals surface area contributed by atoms with E-state index in [1.807, 2.05) is 6.07 Å². The quantitative estimate of drug-likeness (QED) is 0.542. The summed E-state index contributed by atoms with van der Waals surface area (Å²) in [4.78, 5) is 23.9. The Bertz CT molecular complexity index is 1270. The third-order valence-corrected chi connectivity index (χ3v) is 5.22. The van der Waals surface area contributed by atoms with Crippen LogP contribution in [0.2, 0.25) is 0 Å². The summed E-state index contributed by atoms with van der Waals surface area (Å²) in [6.45, 7) is 7.04. The minimum Gasteiger partial charge on any atom is -0.440 e. The van der Waals surface area contributed by atoms with Crippen molar-refractivity contribution in [2.75, 3.05) is 36.4 Å². The van der Waals surface area contributed by atoms with Crippen LogP contribution in [0.1, 0.15) is 21.9 Å². The molecule has 30 heavy (non-hydrogen) atoms. The molecule has 1 aliphatic heterocycles. The molecule has 0 aliphatic carbocycles. The average molecular weight is 408 g/mol. The van der Waals surface area contributed by atoms with Gasteiger partial charge in [0, 0.05) is 51.6 Å². The van der Waals surface area contributed by atoms with Crippen molar-refractivity contribution >= 4 is 34.0 Å². The molecule has 1 amide bonds. The molecule has 1 aromatic carbocycles. The highest BCUT2D eigenvalue weighted by Crippen LogP contribution is 2.31. The number of nitrogens with one attached hydrogen (secondary N) is 2. The molecule has 0 unspecified atom stereocenters. The number of carbonyl (C=O) groups excluding carboxylic acids is 1. The van der Waals surface area contributed by atoms with Gasteiger partial charge in [-0.2, -0.15) is 0 Å². The summed E-state index contributed by atoms with van der Waals surface area (Å²) in [7, 11) is 0. The van der Waals surface area contributed by atoms with E-state index in [1.54, 1.807) is 36.7 Å². The van der Waals surface area contributed by atoms with Gasteiger partial charge < -0.3 is 24.4 Å². The number of aryl methyl sites for hydroxylation is 2. The van der Waals surface area contributed by atoms with Crippen molar-refractivity contribution in [1.82, 2.24) is 19.7 Å². The predicted molar refractivity (Wildman–Crippen MR) is 112 cm³/mol. The smallest absolute Gasteiger partial charge is 0.259 e. The lowest BCUT2D eigenvalue weighted by atomic mass is 10.1. The maximum absolute atomic E-state index is 14.4. The molecule has 1 aliphatic rings. The summed E-state index contributed by atoms with van der Waals surface area (Å²) < 4.78 is 21.7. The molecule has 2 N–H and O–H groups in total. The van der Waals surface area contributed by atoms with Gasteiger partial charge in [-0.3, -0.25) is 4.79 Å². The number of halogens is 1. The minimum absolute atomic E-state index is 0.221. The van der Waals surface area contributed by atoms with E-state index in [9.17, 15) is 9.18 Å². The van der Waals surface area contributed by atoms with Crippen LogP contribution in [0.3, 0.4) is 0 Å². The van der Waals surface area contributed by atoms with Crippen molar-refractivity contribution < 1.29 is 13.6 Å². The van der Waals surface area contributed by atoms with Gasteiger partial charge in [-0.05, 0) is 19.1 Å². The topological polar surface area (TPSA) is 87.7 Å². The average Bonchev–Trinajstić information content (AvgIpc) is 3.29. The van der Waals surface area contributed by atoms with E-state index >= 15 is 0 Å². The molecule has 0 bridgehead atoms. The fraction of sp³-hybridized carbons (Fsp3) is 0.286. The molecule has 0 spiro atoms. The number of amides is 1. The standard InChI is InChI=1S/C21H21FN6O2/c1-12-10-28-11-14(9-16(22)20(28)24-12)26-21(29)15-3-4-17(27-7-5-23-6-8-27)18-19(15)30-13(2)25-18/h3-4,9-11,23H,5-8H2,1-2H3,(H,26,29). The number of piperazine rings is 1. The number of benzene rings is 1. The molecule has 4 heterocycles. The summed E-state index contributed by atoms with van der Waals surface area (Å²) in [5, 5.41) is 6.09. The molecular formula is C21H21FN6O2. The summed E-state index contributed by atoms with van der Waals surface area (Å²) in [5.41, 5.74) is 3.64. The maximum atomic E-state index is 14.4. The number of hydrogen-bond donors (Lipinski definition) is 2. The number of hydrogen-bond acceptors (Lipinski definition) is 6. The van der Waals surface area contributed by atoms with Crippen molar-refractivity contribution in [3.63, 3.8) is 0 Å². The predicted octanol–water partition coefficient (Wildman–Crippen LogP) is 2.89. The van der Waals surface area contributed by atoms with Crippen LogP contribution in [0, 0.1) is 19.7 Å². The number of aromatic nitrogens is 3. The molecular weight excluding hydrogens is 387 g/mol. The Morgan fingerprint density at radius 2 is 2.00 bits per heavy atom. The zero-order valence-electron chi connectivity index (χ0n) is 16.7. The first-order chi connectivity index (χ1) is 14.5. The highest BCUT2D eigenvalue weighted by molar-refractivity contribution is 6.12. The number of carbonyl (C=O) groups is 1. The first kappa shape index (κ1) is 18.6. The largest absolute Gasteiger partial charge is 0.440 e. The molecule has 8 nitrogen and oxygen atoms in total. The Hall–Kier alpha value is -3.46. The van der Waals surface area contributed by atoms with Gasteiger partial charge in [0.25, 0.3) is 5.91 Å². The molecule has 154 valence electrons. The van der Waals surface area contributed by atoms with Gasteiger partial charge in [-0.25, -0.2) is 14.4 Å². The normalized spacial score (nSPS) is 14.6. The Kier molecular flexibility index (Phi) is 4.39. The van der Waals surface area contributed by atoms with E-state index in [0.29, 0.717) is 33.9 Å². The van der Waals surface area contributed by atoms with Crippen LogP contribution >= 0.6 is 0 Å². The van der Waals surface area contributed by atoms with Crippen molar-refractivity contribution in [3.05, 3.63) is 53.6 Å². The SMILES string of the molecule is Cc1cn2cc(NC(=O)c3ccc(N4CCNCC4)c4nc(C)oc34)cc(F)c2n1. The third kappa shape index (κ3) is 3.17. The minimum atomic E-state index is -0.504. The molecule has 0 saturated carbocycles. The number of anilines is 2. The van der Waals surface area contributed by atoms with Crippen LogP contribution in [0.25, 0.3) is 16.7 Å². The zero-order chi connectivity index (χ0) is 20.8. The van der Waals surface area contributed by atoms with E-state index in [1.165, 1.54) is 6.07 Å². The number of rotatable bonds is 3. The number of nitrogens with zero attached hydrogens (tertiary/aromatic N) is 4. The first-order valence-electron chi connectivity index (χ1n) is 9.81. The van der Waals surface area contributed by atoms with Crippen LogP contribution in [-0.2, 0) is 0 Å². The van der Waals surface area contributed by atoms with Gasteiger partial charge in [0.1, 0.15) is 5.52 Å². The number of imidazole rings is 1. The Balaban J connectivity index is 1.51. The van der Waals surface area contributed by atoms with Gasteiger partial charge in [0.15, 0.2) is 22.9 Å². The lowest BCUT2D eigenvalue weighted by molar-refractivity contribution is 0.102. The second-order valence-electron chi connectivity index (χ2n) is 7.42. The summed E-state index contributed by atoms with van der Waals surface area (Å²) in [5.74, 6) is -0.405. The molecule has 0 radical (unpaired) electrons. The zero-order valence-corrected chi connectivity index (χ0v) is 16.7. The van der Waals surface area contributed by atoms with Crippen LogP contribution in [-0.4, -0.2) is 46.5 Å². The summed E-state index contributed by atoms with van der Waals surface area (Å²) in [6.07, 6.45) is 3.34. The summed E-state index contributed by atoms with van der Waals surface area (Å²) in [6, 6.07) is 4.89. The molecule has 5 rings (SSSR count). The van der Waals surface area contributed by atoms with Gasteiger partial charge in [-0.1, -0.05) is 0 Å². The molecule has 1 fully saturated rings. The highest BCUT2D eigenvalue weighted by Gasteiger charge is 2.22. The Labute approximate surface area is 171 Å². The fourth-order valence-corrected chi connectivity index (χ4v) is 3.89. The van der Waals surface area contributed by atoms with E-state index in [-0.39, 0.29) is 5.65 Å². The highest BCUT2D eigenvalue weighted by atomic mass is 19.1. The number of oxazole rings is 1. The monoisotopic (exact) mass is 408 g/mol. The number of fused-ring (bicyclic) bond motifs is 2. The van der Waals surface area contributed by atoms with Crippen LogP contribution in [0.4, 0.5) is 15.8 Å². The first-order valence-corrected chi connectivity index (χ1v) is 9.81. The van der Waals surface area contributed by atoms with Crippen molar-refractivity contribution in [1.29, 1.82) is 0 Å². The van der Waals surface area contributed by atoms with Crippen molar-refractivity contribution in [3.8, 4) is 0 Å². The second kappa shape index (κ2) is 7.10. The van der Waals surface area contributed by atoms with Crippen molar-refractivity contribution in [2.45, 2.75) is 13.8 Å². The Morgan fingerprint density at radius 3 is 2.80 bits per heavy atom. The molecule has 0 atom stereocenters. The molecule has 1 saturated heterocycles. The lowest BCUT2D eigenvalue weighted by Crippen LogP contribution is -2.43. The van der Waals surface area contributed by atoms with Crippen molar-refractivity contribution in [2.24, 2.45) is 0 Å². The van der Waals surface area contributed by atoms with Gasteiger partial charge in [0.2, 0.25) is 0 Å². The molecule has 4 aromatic rings. The van der Waals surface area contributed by atoms with E-state index < -0.39 is 11.7 Å². The van der Waals surface area contributed by atoms with Gasteiger partial charge in [-0.15, -0.1) is 0 Å². The molecule has 9 heteroatoms. The van der Waals surface area contributed by atoms with Crippen LogP contribution < -0.4 is 15.5 Å². The second-order valence-corrected chi connectivity index (χ2v) is 7.42. The fourth-order valence-electron chi connectivity index (χ4n) is 3.89. The molecule has 3 aromatic heterocycles. The lowest BCUT2D eigenvalue weighted by Gasteiger charge is -2.29. The number of pyridine rings is 1. The third-order valence-electron chi connectivity index (χ3n) is 5.22. The van der Waals surface area contributed by atoms with Gasteiger partial charge >= 0.3 is 0 Å². The van der Waals surface area contributed by atoms with E-state index in [2.05, 4.69) is 25.5 Å². The maximum Gasteiger partial charge on any atom is 0.259 e. The van der Waals surface area contributed by atoms with Gasteiger partial charge in [0.05, 0.1) is 22.6 Å². The van der Waals surface area contributed by atoms with E-state index in [4.69, 9.17) is 4.42 Å². The summed E-state index contributed by atoms with van der Waals surface area (Å²) >= 11 is 0. The van der Waals surface area contributed by atoms with Crippen LogP contribution in [0.5, 0.6) is 0 Å². The van der Waals surface area contributed by atoms with Crippen LogP contribution in [0.15, 0.2) is 35.0 Å². The Morgan fingerprint density at radius 1 is 1.20 bits per heavy atom.